The number of aldehydes is 2. The number of nitrogens with one attached hydrogen (secondary N) is 2. The summed E-state index contributed by atoms with van der Waals surface area (Å²) in [6.45, 7) is 7.57. The van der Waals surface area contributed by atoms with Crippen molar-refractivity contribution in [3.05, 3.63) is 23.3 Å². The highest BCUT2D eigenvalue weighted by atomic mass is 16.2. The summed E-state index contributed by atoms with van der Waals surface area (Å²) in [5.41, 5.74) is 0.980. The van der Waals surface area contributed by atoms with Gasteiger partial charge in [0.05, 0.1) is 6.04 Å². The van der Waals surface area contributed by atoms with E-state index < -0.39 is 12.1 Å². The highest BCUT2D eigenvalue weighted by molar-refractivity contribution is 6.00. The Morgan fingerprint density at radius 3 is 2.25 bits per heavy atom. The molecular formula is C18H26N2O4. The van der Waals surface area contributed by atoms with Gasteiger partial charge in [-0.3, -0.25) is 14.4 Å². The lowest BCUT2D eigenvalue weighted by Gasteiger charge is -2.24. The fraction of sp³-hybridized carbons (Fsp3) is 0.556. The third-order valence-electron chi connectivity index (χ3n) is 3.79. The van der Waals surface area contributed by atoms with E-state index in [1.807, 2.05) is 27.7 Å². The average Bonchev–Trinajstić information content (AvgIpc) is 2.99. The van der Waals surface area contributed by atoms with Crippen molar-refractivity contribution in [2.45, 2.75) is 52.6 Å². The van der Waals surface area contributed by atoms with Crippen LogP contribution in [0.15, 0.2) is 23.3 Å². The van der Waals surface area contributed by atoms with Crippen molar-refractivity contribution in [2.75, 3.05) is 0 Å². The van der Waals surface area contributed by atoms with Crippen molar-refractivity contribution in [1.82, 2.24) is 10.6 Å². The molecule has 1 aliphatic carbocycles. The molecule has 2 atom stereocenters. The molecule has 6 heteroatoms. The Morgan fingerprint density at radius 2 is 1.79 bits per heavy atom. The third kappa shape index (κ3) is 5.76. The zero-order valence-corrected chi connectivity index (χ0v) is 14.7. The van der Waals surface area contributed by atoms with Crippen LogP contribution in [0.3, 0.4) is 0 Å². The quantitative estimate of drug-likeness (QED) is 0.622. The number of allylic oxidation sites excluding steroid dienone is 3. The second-order valence-corrected chi connectivity index (χ2v) is 6.80. The molecule has 1 rings (SSSR count). The van der Waals surface area contributed by atoms with Gasteiger partial charge in [-0.2, -0.15) is 0 Å². The molecule has 0 heterocycles. The molecule has 0 saturated heterocycles. The van der Waals surface area contributed by atoms with E-state index in [1.165, 1.54) is 0 Å². The zero-order chi connectivity index (χ0) is 18.3. The lowest BCUT2D eigenvalue weighted by Crippen LogP contribution is -2.52. The molecule has 1 aliphatic rings. The summed E-state index contributed by atoms with van der Waals surface area (Å²) in [5.74, 6) is -0.619. The molecule has 132 valence electrons. The first kappa shape index (κ1) is 19.8. The molecule has 0 aromatic carbocycles. The van der Waals surface area contributed by atoms with Gasteiger partial charge in [0.25, 0.3) is 0 Å². The maximum atomic E-state index is 12.4. The Bertz CT molecular complexity index is 561. The molecule has 0 radical (unpaired) electrons. The lowest BCUT2D eigenvalue weighted by atomic mass is 10.0. The van der Waals surface area contributed by atoms with E-state index in [4.69, 9.17) is 0 Å². The second kappa shape index (κ2) is 9.15. The SMILES string of the molecule is CC(C)C[C@@H](C=O)NC(=O)[C@@H](NC(=O)C1=CC=C(C=O)C1)C(C)C. The molecule has 24 heavy (non-hydrogen) atoms. The maximum Gasteiger partial charge on any atom is 0.248 e. The van der Waals surface area contributed by atoms with Crippen LogP contribution < -0.4 is 10.6 Å². The Balaban J connectivity index is 2.69. The largest absolute Gasteiger partial charge is 0.345 e. The Labute approximate surface area is 142 Å². The monoisotopic (exact) mass is 334 g/mol. The first-order valence-corrected chi connectivity index (χ1v) is 8.19. The Morgan fingerprint density at radius 1 is 1.12 bits per heavy atom. The van der Waals surface area contributed by atoms with Crippen LogP contribution in [0.5, 0.6) is 0 Å². The first-order chi connectivity index (χ1) is 11.3. The summed E-state index contributed by atoms with van der Waals surface area (Å²) in [6.07, 6.45) is 5.43. The smallest absolute Gasteiger partial charge is 0.248 e. The number of hydrogen-bond donors (Lipinski definition) is 2. The van der Waals surface area contributed by atoms with Gasteiger partial charge in [0, 0.05) is 12.0 Å². The average molecular weight is 334 g/mol. The van der Waals surface area contributed by atoms with Crippen molar-refractivity contribution in [1.29, 1.82) is 0 Å². The van der Waals surface area contributed by atoms with Crippen LogP contribution in [0.1, 0.15) is 40.5 Å². The highest BCUT2D eigenvalue weighted by Crippen LogP contribution is 2.18. The fourth-order valence-corrected chi connectivity index (χ4v) is 2.48. The van der Waals surface area contributed by atoms with Gasteiger partial charge in [-0.05, 0) is 23.8 Å². The van der Waals surface area contributed by atoms with Gasteiger partial charge in [-0.1, -0.05) is 39.8 Å². The molecule has 0 bridgehead atoms. The van der Waals surface area contributed by atoms with Gasteiger partial charge in [0.1, 0.15) is 18.6 Å². The van der Waals surface area contributed by atoms with Gasteiger partial charge < -0.3 is 15.4 Å². The number of carbonyl (C=O) groups excluding carboxylic acids is 4. The molecule has 6 nitrogen and oxygen atoms in total. The van der Waals surface area contributed by atoms with Gasteiger partial charge in [-0.15, -0.1) is 0 Å². The Kier molecular flexibility index (Phi) is 7.55. The molecule has 2 N–H and O–H groups in total. The number of carbonyl (C=O) groups is 4. The van der Waals surface area contributed by atoms with E-state index >= 15 is 0 Å². The molecule has 0 unspecified atom stereocenters. The van der Waals surface area contributed by atoms with E-state index in [1.54, 1.807) is 12.2 Å². The summed E-state index contributed by atoms with van der Waals surface area (Å²) in [7, 11) is 0. The number of amides is 2. The predicted octanol–water partition coefficient (Wildman–Crippen LogP) is 1.31. The molecule has 2 amide bonds. The fourth-order valence-electron chi connectivity index (χ4n) is 2.48. The first-order valence-electron chi connectivity index (χ1n) is 8.19. The van der Waals surface area contributed by atoms with Gasteiger partial charge in [0.2, 0.25) is 11.8 Å². The van der Waals surface area contributed by atoms with Crippen LogP contribution in [-0.2, 0) is 19.2 Å². The van der Waals surface area contributed by atoms with Crippen molar-refractivity contribution < 1.29 is 19.2 Å². The standard InChI is InChI=1S/C18H26N2O4/c1-11(2)7-15(10-22)19-18(24)16(12(3)4)20-17(23)14-6-5-13(8-14)9-21/h5-6,9-12,15-16H,7-8H2,1-4H3,(H,19,24)(H,20,23)/t15-,16-/m0/s1. The van der Waals surface area contributed by atoms with E-state index in [0.29, 0.717) is 23.9 Å². The van der Waals surface area contributed by atoms with Crippen molar-refractivity contribution >= 4 is 24.4 Å². The van der Waals surface area contributed by atoms with Gasteiger partial charge >= 0.3 is 0 Å². The van der Waals surface area contributed by atoms with Gasteiger partial charge in [0.15, 0.2) is 0 Å². The third-order valence-corrected chi connectivity index (χ3v) is 3.79. The maximum absolute atomic E-state index is 12.4. The molecule has 0 aromatic heterocycles. The summed E-state index contributed by atoms with van der Waals surface area (Å²) in [4.78, 5) is 46.6. The highest BCUT2D eigenvalue weighted by Gasteiger charge is 2.28. The molecule has 0 fully saturated rings. The summed E-state index contributed by atoms with van der Waals surface area (Å²) >= 11 is 0. The minimum atomic E-state index is -0.742. The molecular weight excluding hydrogens is 308 g/mol. The van der Waals surface area contributed by atoms with E-state index in [-0.39, 0.29) is 30.1 Å². The minimum Gasteiger partial charge on any atom is -0.345 e. The van der Waals surface area contributed by atoms with E-state index in [0.717, 1.165) is 6.29 Å². The molecule has 0 spiro atoms. The molecule has 0 aliphatic heterocycles. The van der Waals surface area contributed by atoms with Crippen LogP contribution in [0, 0.1) is 11.8 Å². The van der Waals surface area contributed by atoms with Crippen molar-refractivity contribution in [3.63, 3.8) is 0 Å². The minimum absolute atomic E-state index is 0.138. The van der Waals surface area contributed by atoms with Crippen LogP contribution in [-0.4, -0.2) is 36.5 Å². The van der Waals surface area contributed by atoms with Crippen LogP contribution in [0.4, 0.5) is 0 Å². The normalized spacial score (nSPS) is 16.2. The number of rotatable bonds is 9. The van der Waals surface area contributed by atoms with Crippen LogP contribution in [0.2, 0.25) is 0 Å². The second-order valence-electron chi connectivity index (χ2n) is 6.80. The topological polar surface area (TPSA) is 92.3 Å². The van der Waals surface area contributed by atoms with Crippen molar-refractivity contribution in [2.24, 2.45) is 11.8 Å². The van der Waals surface area contributed by atoms with E-state index in [9.17, 15) is 19.2 Å². The molecule has 0 aromatic rings. The Hall–Kier alpha value is -2.24. The summed E-state index contributed by atoms with van der Waals surface area (Å²) in [5, 5.41) is 5.39. The predicted molar refractivity (Wildman–Crippen MR) is 91.1 cm³/mol. The van der Waals surface area contributed by atoms with E-state index in [2.05, 4.69) is 10.6 Å². The van der Waals surface area contributed by atoms with Gasteiger partial charge in [-0.25, -0.2) is 0 Å². The summed E-state index contributed by atoms with van der Waals surface area (Å²) < 4.78 is 0. The molecule has 0 saturated carbocycles. The number of hydrogen-bond acceptors (Lipinski definition) is 4. The van der Waals surface area contributed by atoms with Crippen molar-refractivity contribution in [3.8, 4) is 0 Å². The van der Waals surface area contributed by atoms with Crippen LogP contribution >= 0.6 is 0 Å². The zero-order valence-electron chi connectivity index (χ0n) is 14.7. The summed E-state index contributed by atoms with van der Waals surface area (Å²) in [6, 6.07) is -1.31. The lowest BCUT2D eigenvalue weighted by molar-refractivity contribution is -0.130. The van der Waals surface area contributed by atoms with Crippen LogP contribution in [0.25, 0.3) is 0 Å².